The predicted octanol–water partition coefficient (Wildman–Crippen LogP) is 14.8. The maximum Gasteiger partial charge on any atom is 0.324 e. The lowest BCUT2D eigenvalue weighted by molar-refractivity contribution is -0.129. The van der Waals surface area contributed by atoms with E-state index in [9.17, 15) is 4.79 Å². The standard InChI is InChI=1S/C24H26N8O2.C24H33N7O.C23H23N7O2.C23H29N5O/c1-24(19-8-9-19,18-6-4-15(5-7-18)16-10-26-23(25)27-11-16)22-29-21(34-30-22)17-12-28-32(13-17)14-20(33)31(2)3;1-16(2)24(5,20-8-6-18(7-9-20)19-14-26-22(25)27-15-19)21-28-23(32-29-21)31-12-10-30(11-13-31)17(3)4;1-23(18-6-7-18,17-4-2-14(3-5-17)15-8-25-22(24)26-9-15)21-28-20(32-29-21)16-10-27-30(11-16)19-12-31-13-19;1-15(2)23(3,21-27-20(29-28-21)17-7-5-4-6-8-17)19-11-9-16(10-12-19)18-13-25-22(24)26-14-18/h4-7,10-13,19H,8-9,14H2,1-3H3,(H2,25,26,27);6-9,14-17H,10-13H2,1-5H3,(H2,25,26,27);2-5,8-11,18-19H,6-7,12-13H2,1H3,(H2,24,25,26);9-15,17H,4-8H2,1-3H3,(H2,24,25,26)/t24-;;23-;/m0.0./s1. The number of carbonyl (C=O) groups is 1. The molecule has 33 nitrogen and oxygen atoms in total. The number of nitrogens with two attached hydrogens (primary N) is 4. The van der Waals surface area contributed by atoms with E-state index in [0.29, 0.717) is 77.9 Å². The Balaban J connectivity index is 0.000000125. The molecule has 1 amide bonds. The zero-order valence-corrected chi connectivity index (χ0v) is 74.1. The Hall–Kier alpha value is -13.4. The normalized spacial score (nSPS) is 17.0. The van der Waals surface area contributed by atoms with Gasteiger partial charge in [-0.05, 0) is 148 Å². The lowest BCUT2D eigenvalue weighted by Crippen LogP contribution is -2.49. The molecule has 4 atom stereocenters. The highest BCUT2D eigenvalue weighted by atomic mass is 16.5. The summed E-state index contributed by atoms with van der Waals surface area (Å²) in [6, 6.07) is 35.1. The van der Waals surface area contributed by atoms with Crippen LogP contribution in [0.15, 0.2) is 190 Å². The van der Waals surface area contributed by atoms with Crippen LogP contribution in [0, 0.1) is 23.7 Å². The summed E-state index contributed by atoms with van der Waals surface area (Å²) in [5, 5.41) is 26.3. The van der Waals surface area contributed by atoms with Gasteiger partial charge in [0, 0.05) is 136 Å². The van der Waals surface area contributed by atoms with Crippen molar-refractivity contribution in [3.05, 3.63) is 223 Å². The van der Waals surface area contributed by atoms with E-state index in [1.54, 1.807) is 86.9 Å². The Bertz CT molecular complexity index is 5970. The summed E-state index contributed by atoms with van der Waals surface area (Å²) in [4.78, 5) is 70.1. The fraction of sp³-hybridized carbons (Fsp3) is 0.415. The van der Waals surface area contributed by atoms with Gasteiger partial charge in [-0.1, -0.05) is 165 Å². The molecule has 0 bridgehead atoms. The first-order chi connectivity index (χ1) is 61.2. The molecular formula is C94H111N27O6. The summed E-state index contributed by atoms with van der Waals surface area (Å²) in [6.07, 6.45) is 31.6. The van der Waals surface area contributed by atoms with E-state index in [-0.39, 0.29) is 69.9 Å². The number of benzene rings is 4. The SMILES string of the molecule is CC(C)C(C)(c1ccc(-c2cnc(N)nc2)cc1)c1noc(C2CCCCC2)n1.CC(C)N1CCN(c2nc(C(C)(c3ccc(-c4cnc(N)nc4)cc3)C(C)C)no2)CC1.CN(C)C(=O)Cn1cc(-c2nc([C@@](C)(c3ccc(-c4cnc(N)nc4)cc3)C3CC3)no2)cn1.C[C@@](c1ccc(-c2cnc(N)nc2)cc1)(c1noc(-c2cnn(C3COC3)c2)n1)C1CC1. The first-order valence-corrected chi connectivity index (χ1v) is 43.7. The second kappa shape index (κ2) is 37.0. The lowest BCUT2D eigenvalue weighted by atomic mass is 9.72. The molecule has 5 aliphatic rings. The molecule has 127 heavy (non-hydrogen) atoms. The van der Waals surface area contributed by atoms with Gasteiger partial charge in [-0.15, -0.1) is 0 Å². The van der Waals surface area contributed by atoms with Crippen LogP contribution >= 0.6 is 0 Å². The molecule has 33 heteroatoms. The topological polar surface area (TPSA) is 435 Å². The Morgan fingerprint density at radius 2 is 0.811 bits per heavy atom. The summed E-state index contributed by atoms with van der Waals surface area (Å²) in [5.41, 5.74) is 34.9. The maximum absolute atomic E-state index is 12.0. The maximum atomic E-state index is 12.0. The van der Waals surface area contributed by atoms with Gasteiger partial charge in [0.05, 0.1) is 64.4 Å². The third-order valence-electron chi connectivity index (χ3n) is 26.4. The van der Waals surface area contributed by atoms with Crippen LogP contribution < -0.4 is 27.8 Å². The molecule has 658 valence electrons. The molecule has 2 aliphatic heterocycles. The van der Waals surface area contributed by atoms with E-state index in [2.05, 4.69) is 247 Å². The summed E-state index contributed by atoms with van der Waals surface area (Å²) >= 11 is 0. The van der Waals surface area contributed by atoms with E-state index in [1.165, 1.54) is 29.7 Å². The van der Waals surface area contributed by atoms with Gasteiger partial charge < -0.3 is 55.6 Å². The van der Waals surface area contributed by atoms with Crippen LogP contribution in [0.3, 0.4) is 0 Å². The smallest absolute Gasteiger partial charge is 0.324 e. The molecule has 5 fully saturated rings. The third-order valence-corrected chi connectivity index (χ3v) is 26.4. The number of piperazine rings is 1. The molecule has 2 saturated heterocycles. The average Bonchev–Trinajstić information content (AvgIpc) is 1.60. The van der Waals surface area contributed by atoms with Gasteiger partial charge in [0.15, 0.2) is 23.3 Å². The van der Waals surface area contributed by atoms with Crippen LogP contribution in [0.25, 0.3) is 67.4 Å². The van der Waals surface area contributed by atoms with Crippen molar-refractivity contribution in [3.63, 3.8) is 0 Å². The van der Waals surface area contributed by atoms with Crippen molar-refractivity contribution in [2.45, 2.75) is 173 Å². The number of likely N-dealkylation sites (N-methyl/N-ethyl adjacent to an activating group) is 1. The van der Waals surface area contributed by atoms with Gasteiger partial charge >= 0.3 is 6.01 Å². The van der Waals surface area contributed by atoms with Crippen molar-refractivity contribution in [2.24, 2.45) is 23.7 Å². The van der Waals surface area contributed by atoms with E-state index in [1.807, 2.05) is 10.9 Å². The number of aromatic nitrogens is 20. The summed E-state index contributed by atoms with van der Waals surface area (Å²) in [6.45, 7) is 27.4. The van der Waals surface area contributed by atoms with Gasteiger partial charge in [0.1, 0.15) is 6.54 Å². The second-order valence-corrected chi connectivity index (χ2v) is 35.6. The minimum absolute atomic E-state index is 0.0452. The van der Waals surface area contributed by atoms with Crippen LogP contribution in [-0.2, 0) is 37.7 Å². The molecule has 8 N–H and O–H groups in total. The molecule has 0 radical (unpaired) electrons. The molecule has 19 rings (SSSR count). The number of hydrogen-bond donors (Lipinski definition) is 4. The number of hydrogen-bond acceptors (Lipinski definition) is 30. The minimum atomic E-state index is -0.380. The summed E-state index contributed by atoms with van der Waals surface area (Å²) < 4.78 is 31.5. The molecule has 3 aliphatic carbocycles. The highest BCUT2D eigenvalue weighted by Gasteiger charge is 2.50. The molecule has 0 spiro atoms. The van der Waals surface area contributed by atoms with Crippen LogP contribution in [0.4, 0.5) is 29.8 Å². The average molecular weight is 1720 g/mol. The molecule has 4 aromatic carbocycles. The largest absolute Gasteiger partial charge is 0.377 e. The number of anilines is 5. The molecule has 12 heterocycles. The zero-order chi connectivity index (χ0) is 88.9. The van der Waals surface area contributed by atoms with E-state index in [4.69, 9.17) is 65.7 Å². The van der Waals surface area contributed by atoms with Crippen molar-refractivity contribution in [1.29, 1.82) is 0 Å². The van der Waals surface area contributed by atoms with E-state index in [0.717, 1.165) is 149 Å². The van der Waals surface area contributed by atoms with Gasteiger partial charge in [-0.25, -0.2) is 39.9 Å². The minimum Gasteiger partial charge on any atom is -0.377 e. The molecule has 3 saturated carbocycles. The van der Waals surface area contributed by atoms with Gasteiger partial charge in [-0.3, -0.25) is 19.1 Å². The Morgan fingerprint density at radius 1 is 0.425 bits per heavy atom. The van der Waals surface area contributed by atoms with Crippen LogP contribution in [0.5, 0.6) is 0 Å². The number of amides is 1. The van der Waals surface area contributed by atoms with Gasteiger partial charge in [0.2, 0.25) is 35.6 Å². The monoisotopic (exact) mass is 1710 g/mol. The van der Waals surface area contributed by atoms with Crippen molar-refractivity contribution >= 4 is 35.7 Å². The quantitative estimate of drug-likeness (QED) is 0.0436. The predicted molar refractivity (Wildman–Crippen MR) is 481 cm³/mol. The highest BCUT2D eigenvalue weighted by Crippen LogP contribution is 2.53. The lowest BCUT2D eigenvalue weighted by Gasteiger charge is -2.36. The Kier molecular flexibility index (Phi) is 25.4. The van der Waals surface area contributed by atoms with E-state index >= 15 is 0 Å². The van der Waals surface area contributed by atoms with Crippen molar-refractivity contribution in [3.8, 4) is 67.4 Å². The fourth-order valence-corrected chi connectivity index (χ4v) is 16.8. The van der Waals surface area contributed by atoms with Crippen molar-refractivity contribution in [2.75, 3.05) is 81.3 Å². The zero-order valence-electron chi connectivity index (χ0n) is 74.1. The van der Waals surface area contributed by atoms with Gasteiger partial charge in [-0.2, -0.15) is 30.1 Å². The van der Waals surface area contributed by atoms with Gasteiger partial charge in [0.25, 0.3) is 11.8 Å². The number of rotatable bonds is 24. The van der Waals surface area contributed by atoms with Crippen molar-refractivity contribution in [1.82, 2.24) is 110 Å². The summed E-state index contributed by atoms with van der Waals surface area (Å²) in [7, 11) is 3.43. The molecular weight excluding hydrogens is 1600 g/mol. The highest BCUT2D eigenvalue weighted by molar-refractivity contribution is 5.75. The summed E-state index contributed by atoms with van der Waals surface area (Å²) in [5.74, 6) is 7.48. The fourth-order valence-electron chi connectivity index (χ4n) is 16.8. The van der Waals surface area contributed by atoms with Crippen molar-refractivity contribution < 1.29 is 27.6 Å². The first kappa shape index (κ1) is 87.1. The third kappa shape index (κ3) is 18.8. The number of nitrogens with zero attached hydrogens (tertiary/aromatic N) is 23. The van der Waals surface area contributed by atoms with Crippen LogP contribution in [0.1, 0.15) is 190 Å². The Labute approximate surface area is 737 Å². The first-order valence-electron chi connectivity index (χ1n) is 43.7. The number of ether oxygens (including phenoxy) is 1. The molecule has 2 unspecified atom stereocenters. The number of carbonyl (C=O) groups excluding carboxylic acids is 1. The Morgan fingerprint density at radius 3 is 1.20 bits per heavy atom. The van der Waals surface area contributed by atoms with E-state index < -0.39 is 0 Å². The number of nitrogen functional groups attached to an aromatic ring is 4. The second-order valence-electron chi connectivity index (χ2n) is 35.6. The molecule has 10 aromatic heterocycles. The van der Waals surface area contributed by atoms with Crippen LogP contribution in [-0.4, -0.2) is 175 Å². The molecule has 14 aromatic rings. The van der Waals surface area contributed by atoms with Crippen LogP contribution in [0.2, 0.25) is 0 Å².